The predicted octanol–water partition coefficient (Wildman–Crippen LogP) is 1.11. The molecule has 100 valence electrons. The molecule has 0 aliphatic rings. The number of aryl methyl sites for hydroxylation is 2. The zero-order valence-corrected chi connectivity index (χ0v) is 11.2. The van der Waals surface area contributed by atoms with Gasteiger partial charge in [0.2, 0.25) is 0 Å². The smallest absolute Gasteiger partial charge is 0.355 e. The molecule has 0 unspecified atom stereocenters. The van der Waals surface area contributed by atoms with E-state index in [2.05, 4.69) is 20.5 Å². The summed E-state index contributed by atoms with van der Waals surface area (Å²) in [6.45, 7) is 3.70. The number of carboxylic acid groups (broad SMARTS) is 1. The van der Waals surface area contributed by atoms with E-state index in [1.165, 1.54) is 16.7 Å². The minimum Gasteiger partial charge on any atom is -0.476 e. The molecule has 0 radical (unpaired) electrons. The van der Waals surface area contributed by atoms with E-state index in [1.807, 2.05) is 0 Å². The van der Waals surface area contributed by atoms with Gasteiger partial charge in [0, 0.05) is 11.1 Å². The summed E-state index contributed by atoms with van der Waals surface area (Å²) in [6, 6.07) is 0. The lowest BCUT2D eigenvalue weighted by Gasteiger charge is -2.02. The molecule has 3 N–H and O–H groups in total. The quantitative estimate of drug-likeness (QED) is 0.777. The van der Waals surface area contributed by atoms with E-state index in [1.54, 1.807) is 13.8 Å². The summed E-state index contributed by atoms with van der Waals surface area (Å²) in [7, 11) is 0. The van der Waals surface area contributed by atoms with Crippen LogP contribution in [0.4, 0.5) is 0 Å². The maximum absolute atomic E-state index is 12.0. The van der Waals surface area contributed by atoms with Gasteiger partial charge in [0.25, 0.3) is 5.91 Å². The number of hydrogen-bond acceptors (Lipinski definition) is 5. The first-order valence-corrected chi connectivity index (χ1v) is 6.34. The number of aromatic amines is 1. The first-order chi connectivity index (χ1) is 8.99. The summed E-state index contributed by atoms with van der Waals surface area (Å²) in [5.74, 6) is -1.33. The van der Waals surface area contributed by atoms with Crippen LogP contribution in [-0.4, -0.2) is 32.2 Å². The van der Waals surface area contributed by atoms with Crippen molar-refractivity contribution in [1.82, 2.24) is 20.5 Å². The van der Waals surface area contributed by atoms with Crippen molar-refractivity contribution in [2.24, 2.45) is 0 Å². The Bertz CT molecular complexity index is 612. The topological polar surface area (TPSA) is 108 Å². The summed E-state index contributed by atoms with van der Waals surface area (Å²) in [5, 5.41) is 20.1. The van der Waals surface area contributed by atoms with Gasteiger partial charge in [-0.3, -0.25) is 9.89 Å². The van der Waals surface area contributed by atoms with Crippen LogP contribution in [0.1, 0.15) is 37.2 Å². The molecular formula is C11H12N4O3S. The molecule has 2 aromatic heterocycles. The van der Waals surface area contributed by atoms with Crippen molar-refractivity contribution < 1.29 is 14.7 Å². The van der Waals surface area contributed by atoms with Crippen LogP contribution in [0.2, 0.25) is 0 Å². The van der Waals surface area contributed by atoms with Crippen LogP contribution in [0.15, 0.2) is 5.38 Å². The van der Waals surface area contributed by atoms with Gasteiger partial charge in [0.15, 0.2) is 5.69 Å². The molecule has 1 amide bonds. The number of aromatic carboxylic acids is 1. The number of H-pyrrole nitrogens is 1. The fourth-order valence-electron chi connectivity index (χ4n) is 1.62. The summed E-state index contributed by atoms with van der Waals surface area (Å²) in [6.07, 6.45) is 0. The second kappa shape index (κ2) is 5.19. The van der Waals surface area contributed by atoms with Crippen LogP contribution in [0.5, 0.6) is 0 Å². The lowest BCUT2D eigenvalue weighted by atomic mass is 10.2. The van der Waals surface area contributed by atoms with E-state index in [4.69, 9.17) is 5.11 Å². The van der Waals surface area contributed by atoms with Gasteiger partial charge in [0.05, 0.1) is 17.8 Å². The van der Waals surface area contributed by atoms with Crippen molar-refractivity contribution in [3.8, 4) is 0 Å². The van der Waals surface area contributed by atoms with E-state index in [0.717, 1.165) is 0 Å². The zero-order chi connectivity index (χ0) is 14.0. The van der Waals surface area contributed by atoms with E-state index in [0.29, 0.717) is 22.0 Å². The molecule has 0 saturated heterocycles. The monoisotopic (exact) mass is 280 g/mol. The first-order valence-electron chi connectivity index (χ1n) is 5.46. The summed E-state index contributed by atoms with van der Waals surface area (Å²) < 4.78 is 0. The van der Waals surface area contributed by atoms with Crippen molar-refractivity contribution >= 4 is 23.2 Å². The molecule has 8 heteroatoms. The van der Waals surface area contributed by atoms with Gasteiger partial charge in [0.1, 0.15) is 5.01 Å². The Balaban J connectivity index is 2.02. The average molecular weight is 280 g/mol. The molecular weight excluding hydrogens is 268 g/mol. The van der Waals surface area contributed by atoms with Crippen molar-refractivity contribution in [3.63, 3.8) is 0 Å². The third-order valence-corrected chi connectivity index (χ3v) is 3.38. The van der Waals surface area contributed by atoms with Crippen molar-refractivity contribution in [2.45, 2.75) is 20.4 Å². The molecule has 2 rings (SSSR count). The molecule has 0 bridgehead atoms. The molecule has 2 heterocycles. The van der Waals surface area contributed by atoms with E-state index in [9.17, 15) is 9.59 Å². The van der Waals surface area contributed by atoms with Crippen molar-refractivity contribution in [3.05, 3.63) is 33.0 Å². The highest BCUT2D eigenvalue weighted by Gasteiger charge is 2.15. The third-order valence-electron chi connectivity index (χ3n) is 2.53. The molecule has 0 aliphatic heterocycles. The van der Waals surface area contributed by atoms with Crippen LogP contribution in [0, 0.1) is 13.8 Å². The Labute approximate surface area is 112 Å². The zero-order valence-electron chi connectivity index (χ0n) is 10.4. The molecule has 7 nitrogen and oxygen atoms in total. The lowest BCUT2D eigenvalue weighted by Crippen LogP contribution is -2.23. The number of carboxylic acids is 1. The molecule has 0 saturated carbocycles. The molecule has 0 aliphatic carbocycles. The number of amides is 1. The number of rotatable bonds is 4. The fourth-order valence-corrected chi connectivity index (χ4v) is 2.33. The maximum atomic E-state index is 12.0. The Kier molecular flexibility index (Phi) is 3.61. The predicted molar refractivity (Wildman–Crippen MR) is 68.3 cm³/mol. The molecule has 0 aromatic carbocycles. The number of nitrogens with one attached hydrogen (secondary N) is 2. The molecule has 2 aromatic rings. The van der Waals surface area contributed by atoms with Crippen LogP contribution in [-0.2, 0) is 6.54 Å². The van der Waals surface area contributed by atoms with Gasteiger partial charge in [-0.2, -0.15) is 5.10 Å². The molecule has 19 heavy (non-hydrogen) atoms. The van der Waals surface area contributed by atoms with Gasteiger partial charge in [-0.15, -0.1) is 11.3 Å². The second-order valence-electron chi connectivity index (χ2n) is 3.92. The molecule has 0 atom stereocenters. The standard InChI is InChI=1S/C11H12N4O3S/c1-5-9(6(2)15-14-5)10(16)12-3-8-13-7(4-19-8)11(17)18/h4H,3H2,1-2H3,(H,12,16)(H,14,15)(H,17,18). The highest BCUT2D eigenvalue weighted by Crippen LogP contribution is 2.12. The summed E-state index contributed by atoms with van der Waals surface area (Å²) in [5.41, 5.74) is 1.82. The largest absolute Gasteiger partial charge is 0.476 e. The number of nitrogens with zero attached hydrogens (tertiary/aromatic N) is 2. The van der Waals surface area contributed by atoms with Crippen molar-refractivity contribution in [1.29, 1.82) is 0 Å². The van der Waals surface area contributed by atoms with Crippen LogP contribution in [0.25, 0.3) is 0 Å². The van der Waals surface area contributed by atoms with E-state index >= 15 is 0 Å². The number of carbonyl (C=O) groups excluding carboxylic acids is 1. The number of thiazole rings is 1. The third kappa shape index (κ3) is 2.79. The number of carbonyl (C=O) groups is 2. The number of hydrogen-bond donors (Lipinski definition) is 3. The maximum Gasteiger partial charge on any atom is 0.355 e. The Morgan fingerprint density at radius 1 is 1.47 bits per heavy atom. The van der Waals surface area contributed by atoms with Crippen LogP contribution >= 0.6 is 11.3 Å². The SMILES string of the molecule is Cc1n[nH]c(C)c1C(=O)NCc1nc(C(=O)O)cs1. The fraction of sp³-hybridized carbons (Fsp3) is 0.273. The molecule has 0 fully saturated rings. The normalized spacial score (nSPS) is 10.4. The summed E-state index contributed by atoms with van der Waals surface area (Å²) >= 11 is 1.20. The van der Waals surface area contributed by atoms with Crippen LogP contribution in [0.3, 0.4) is 0 Å². The van der Waals surface area contributed by atoms with Gasteiger partial charge in [-0.05, 0) is 13.8 Å². The Hall–Kier alpha value is -2.22. The van der Waals surface area contributed by atoms with E-state index in [-0.39, 0.29) is 18.1 Å². The number of aromatic nitrogens is 3. The minimum atomic E-state index is -1.07. The minimum absolute atomic E-state index is 0.00933. The van der Waals surface area contributed by atoms with Crippen LogP contribution < -0.4 is 5.32 Å². The highest BCUT2D eigenvalue weighted by molar-refractivity contribution is 7.09. The van der Waals surface area contributed by atoms with E-state index < -0.39 is 5.97 Å². The Morgan fingerprint density at radius 2 is 2.21 bits per heavy atom. The molecule has 0 spiro atoms. The lowest BCUT2D eigenvalue weighted by molar-refractivity contribution is 0.0691. The first kappa shape index (κ1) is 13.2. The van der Waals surface area contributed by atoms with Gasteiger partial charge in [-0.1, -0.05) is 0 Å². The van der Waals surface area contributed by atoms with Gasteiger partial charge < -0.3 is 10.4 Å². The average Bonchev–Trinajstić information content (AvgIpc) is 2.94. The Morgan fingerprint density at radius 3 is 2.74 bits per heavy atom. The summed E-state index contributed by atoms with van der Waals surface area (Å²) in [4.78, 5) is 26.5. The highest BCUT2D eigenvalue weighted by atomic mass is 32.1. The second-order valence-corrected chi connectivity index (χ2v) is 4.87. The van der Waals surface area contributed by atoms with Crippen molar-refractivity contribution in [2.75, 3.05) is 0 Å². The van der Waals surface area contributed by atoms with Gasteiger partial charge >= 0.3 is 5.97 Å². The van der Waals surface area contributed by atoms with Gasteiger partial charge in [-0.25, -0.2) is 9.78 Å².